The third-order valence-electron chi connectivity index (χ3n) is 5.36. The number of benzene rings is 1. The lowest BCUT2D eigenvalue weighted by Crippen LogP contribution is -2.70. The highest BCUT2D eigenvalue weighted by atomic mass is 32.2. The molecule has 0 radical (unpaired) electrons. The number of carbonyl (C=O) groups is 2. The van der Waals surface area contributed by atoms with Crippen LogP contribution in [0.3, 0.4) is 0 Å². The van der Waals surface area contributed by atoms with Gasteiger partial charge in [-0.05, 0) is 32.9 Å². The predicted octanol–water partition coefficient (Wildman–Crippen LogP) is 2.70. The molecule has 7 nitrogen and oxygen atoms in total. The van der Waals surface area contributed by atoms with Crippen LogP contribution >= 0.6 is 11.8 Å². The normalized spacial score (nSPS) is 31.4. The van der Waals surface area contributed by atoms with E-state index in [0.717, 1.165) is 16.7 Å². The van der Waals surface area contributed by atoms with E-state index < -0.39 is 47.1 Å². The van der Waals surface area contributed by atoms with Crippen molar-refractivity contribution in [2.75, 3.05) is 19.7 Å². The van der Waals surface area contributed by atoms with Crippen LogP contribution in [0.5, 0.6) is 0 Å². The molecule has 1 amide bonds. The van der Waals surface area contributed by atoms with Crippen LogP contribution in [0.1, 0.15) is 20.8 Å². The molecule has 0 unspecified atom stereocenters. The molecule has 0 aromatic heterocycles. The van der Waals surface area contributed by atoms with Crippen LogP contribution in [0.2, 0.25) is 0 Å². The molecule has 3 rings (SSSR count). The molecule has 1 N–H and O–H groups in total. The molecule has 2 bridgehead atoms. The van der Waals surface area contributed by atoms with E-state index >= 15 is 8.78 Å². The molecule has 2 aliphatic rings. The molecule has 2 aliphatic heterocycles. The summed E-state index contributed by atoms with van der Waals surface area (Å²) in [6.07, 6.45) is -6.16. The first-order valence-corrected chi connectivity index (χ1v) is 10.7. The Balaban J connectivity index is 1.97. The molecule has 30 heavy (non-hydrogen) atoms. The summed E-state index contributed by atoms with van der Waals surface area (Å²) in [5.74, 6) is -5.33. The molecule has 1 aromatic carbocycles. The lowest BCUT2D eigenvalue weighted by Gasteiger charge is -2.42. The van der Waals surface area contributed by atoms with Crippen LogP contribution in [0, 0.1) is 0 Å². The predicted molar refractivity (Wildman–Crippen MR) is 104 cm³/mol. The zero-order valence-electron chi connectivity index (χ0n) is 16.9. The minimum Gasteiger partial charge on any atom is -0.463 e. The van der Waals surface area contributed by atoms with E-state index in [2.05, 4.69) is 0 Å². The van der Waals surface area contributed by atoms with E-state index in [0.29, 0.717) is 4.90 Å². The van der Waals surface area contributed by atoms with Crippen molar-refractivity contribution in [2.24, 2.45) is 0 Å². The van der Waals surface area contributed by atoms with E-state index in [1.807, 2.05) is 0 Å². The van der Waals surface area contributed by atoms with Crippen molar-refractivity contribution in [1.82, 2.24) is 4.90 Å². The second kappa shape index (κ2) is 8.68. The van der Waals surface area contributed by atoms with Gasteiger partial charge in [-0.2, -0.15) is 8.78 Å². The summed E-state index contributed by atoms with van der Waals surface area (Å²) in [4.78, 5) is 27.1. The zero-order chi connectivity index (χ0) is 22.1. The number of ether oxygens (including phenoxy) is 3. The highest BCUT2D eigenvalue weighted by molar-refractivity contribution is 8.00. The Morgan fingerprint density at radius 3 is 2.37 bits per heavy atom. The summed E-state index contributed by atoms with van der Waals surface area (Å²) in [7, 11) is 0. The van der Waals surface area contributed by atoms with Crippen LogP contribution in [-0.4, -0.2) is 76.9 Å². The number of aliphatic hydroxyl groups excluding tert-OH is 1. The van der Waals surface area contributed by atoms with Crippen molar-refractivity contribution in [3.63, 3.8) is 0 Å². The number of alkyl halides is 2. The molecule has 10 heteroatoms. The molecule has 5 atom stereocenters. The quantitative estimate of drug-likeness (QED) is 0.646. The minimum atomic E-state index is -3.90. The summed E-state index contributed by atoms with van der Waals surface area (Å²) < 4.78 is 46.7. The van der Waals surface area contributed by atoms with Crippen LogP contribution in [0.4, 0.5) is 13.6 Å². The zero-order valence-corrected chi connectivity index (χ0v) is 17.7. The van der Waals surface area contributed by atoms with E-state index in [4.69, 9.17) is 14.2 Å². The fourth-order valence-corrected chi connectivity index (χ4v) is 5.10. The minimum absolute atomic E-state index is 0.198. The number of aliphatic hydroxyl groups is 1. The molecule has 0 aliphatic carbocycles. The van der Waals surface area contributed by atoms with Crippen LogP contribution in [-0.2, 0) is 19.0 Å². The summed E-state index contributed by atoms with van der Waals surface area (Å²) in [5, 5.41) is 9.75. The maximum Gasteiger partial charge on any atom is 0.411 e. The van der Waals surface area contributed by atoms with Gasteiger partial charge in [-0.3, -0.25) is 0 Å². The van der Waals surface area contributed by atoms with Crippen molar-refractivity contribution in [2.45, 2.75) is 60.8 Å². The maximum absolute atomic E-state index is 15.6. The van der Waals surface area contributed by atoms with Gasteiger partial charge < -0.3 is 24.2 Å². The molecule has 2 saturated heterocycles. The Morgan fingerprint density at radius 1 is 1.17 bits per heavy atom. The molecular weight excluding hydrogens is 420 g/mol. The van der Waals surface area contributed by atoms with Crippen molar-refractivity contribution < 1.29 is 37.7 Å². The number of amides is 1. The highest BCUT2D eigenvalue weighted by Gasteiger charge is 2.84. The van der Waals surface area contributed by atoms with E-state index in [-0.39, 0.29) is 19.7 Å². The number of rotatable bonds is 7. The number of nitrogens with zero attached hydrogens (tertiary/aromatic N) is 1. The van der Waals surface area contributed by atoms with E-state index in [1.165, 1.54) is 6.92 Å². The summed E-state index contributed by atoms with van der Waals surface area (Å²) >= 11 is 1.03. The second-order valence-electron chi connectivity index (χ2n) is 6.98. The van der Waals surface area contributed by atoms with Gasteiger partial charge >= 0.3 is 23.6 Å². The smallest absolute Gasteiger partial charge is 0.411 e. The average molecular weight is 445 g/mol. The van der Waals surface area contributed by atoms with Gasteiger partial charge in [0.05, 0.1) is 18.0 Å². The lowest BCUT2D eigenvalue weighted by atomic mass is 9.79. The summed E-state index contributed by atoms with van der Waals surface area (Å²) in [5.41, 5.74) is -3.06. The molecule has 166 valence electrons. The number of thioether (sulfide) groups is 1. The van der Waals surface area contributed by atoms with Crippen LogP contribution in [0.25, 0.3) is 0 Å². The first kappa shape index (κ1) is 22.8. The van der Waals surface area contributed by atoms with Gasteiger partial charge in [0.1, 0.15) is 12.2 Å². The first-order valence-electron chi connectivity index (χ1n) is 9.82. The second-order valence-corrected chi connectivity index (χ2v) is 8.23. The lowest BCUT2D eigenvalue weighted by molar-refractivity contribution is -0.221. The van der Waals surface area contributed by atoms with Gasteiger partial charge in [-0.25, -0.2) is 9.59 Å². The van der Waals surface area contributed by atoms with Gasteiger partial charge in [-0.1, -0.05) is 18.2 Å². The average Bonchev–Trinajstić information content (AvgIpc) is 3.15. The number of fused-ring (bicyclic) bond motifs is 2. The van der Waals surface area contributed by atoms with Gasteiger partial charge in [0.15, 0.2) is 0 Å². The van der Waals surface area contributed by atoms with Gasteiger partial charge in [-0.15, -0.1) is 11.8 Å². The van der Waals surface area contributed by atoms with Crippen LogP contribution in [0.15, 0.2) is 35.2 Å². The number of hydrogen-bond acceptors (Lipinski definition) is 7. The Kier molecular flexibility index (Phi) is 6.59. The third kappa shape index (κ3) is 3.44. The molecule has 0 spiro atoms. The first-order chi connectivity index (χ1) is 14.2. The van der Waals surface area contributed by atoms with Gasteiger partial charge in [0.2, 0.25) is 0 Å². The Hall–Kier alpha value is -1.91. The maximum atomic E-state index is 15.6. The van der Waals surface area contributed by atoms with Crippen molar-refractivity contribution in [3.05, 3.63) is 30.3 Å². The van der Waals surface area contributed by atoms with Crippen LogP contribution < -0.4 is 0 Å². The van der Waals surface area contributed by atoms with Crippen molar-refractivity contribution in [3.8, 4) is 0 Å². The fourth-order valence-electron chi connectivity index (χ4n) is 3.83. The molecule has 0 saturated carbocycles. The molecule has 1 aromatic rings. The number of halogens is 2. The molecule has 2 fully saturated rings. The largest absolute Gasteiger partial charge is 0.463 e. The van der Waals surface area contributed by atoms with Crippen molar-refractivity contribution in [1.29, 1.82) is 0 Å². The summed E-state index contributed by atoms with van der Waals surface area (Å²) in [6.45, 7) is 4.95. The Labute approximate surface area is 177 Å². The summed E-state index contributed by atoms with van der Waals surface area (Å²) in [6, 6.07) is 8.72. The number of esters is 1. The number of carbonyl (C=O) groups excluding carboxylic acids is 2. The monoisotopic (exact) mass is 445 g/mol. The fraction of sp³-hybridized carbons (Fsp3) is 0.600. The van der Waals surface area contributed by atoms with Gasteiger partial charge in [0, 0.05) is 18.0 Å². The Bertz CT molecular complexity index is 778. The SMILES string of the molecule is CCOC(=O)[C@@]1(OC(=O)N(CC)CC)[C@H]2O[C@H]([C@H](Sc3ccccc3)[C@H]2O)C1(F)F. The van der Waals surface area contributed by atoms with E-state index in [1.54, 1.807) is 44.2 Å². The number of hydrogen-bond donors (Lipinski definition) is 1. The standard InChI is InChI=1S/C20H25F2NO6S/c1-4-23(5-2)18(26)29-19(17(25)27-6-3)15-13(24)14(16(28-15)20(19,21)22)30-12-10-8-7-9-11-12/h7-11,13-16,24H,4-6H2,1-3H3/t13-,14-,15+,16-,19+/m1/s1. The van der Waals surface area contributed by atoms with E-state index in [9.17, 15) is 14.7 Å². The Morgan fingerprint density at radius 2 is 1.80 bits per heavy atom. The topological polar surface area (TPSA) is 85.3 Å². The molecule has 2 heterocycles. The third-order valence-corrected chi connectivity index (χ3v) is 6.70. The van der Waals surface area contributed by atoms with Gasteiger partial charge in [0.25, 0.3) is 0 Å². The highest BCUT2D eigenvalue weighted by Crippen LogP contribution is 2.58. The molecular formula is C20H25F2NO6S. The van der Waals surface area contributed by atoms with Crippen molar-refractivity contribution >= 4 is 23.8 Å².